The highest BCUT2D eigenvalue weighted by atomic mass is 16.3. The van der Waals surface area contributed by atoms with Crippen LogP contribution in [0.25, 0.3) is 0 Å². The molecule has 4 saturated carbocycles. The molecule has 2 bridgehead atoms. The van der Waals surface area contributed by atoms with Crippen molar-refractivity contribution in [3.63, 3.8) is 0 Å². The van der Waals surface area contributed by atoms with Crippen LogP contribution < -0.4 is 5.32 Å². The van der Waals surface area contributed by atoms with E-state index in [1.54, 1.807) is 0 Å². The van der Waals surface area contributed by atoms with Crippen LogP contribution in [0.2, 0.25) is 0 Å². The molecule has 1 saturated heterocycles. The van der Waals surface area contributed by atoms with Gasteiger partial charge in [0, 0.05) is 24.0 Å². The van der Waals surface area contributed by atoms with Gasteiger partial charge in [0.05, 0.1) is 11.3 Å². The number of phenolic OH excluding ortho intramolecular Hbond substituents is 1. The fourth-order valence-corrected chi connectivity index (χ4v) is 10.3. The zero-order chi connectivity index (χ0) is 21.2. The van der Waals surface area contributed by atoms with Gasteiger partial charge in [-0.05, 0) is 105 Å². The summed E-state index contributed by atoms with van der Waals surface area (Å²) >= 11 is 0. The molecule has 1 aromatic rings. The van der Waals surface area contributed by atoms with Gasteiger partial charge in [-0.1, -0.05) is 25.3 Å². The van der Waals surface area contributed by atoms with E-state index in [1.165, 1.54) is 69.0 Å². The number of hydrogen-bond donors (Lipinski definition) is 3. The molecule has 2 aliphatic heterocycles. The van der Waals surface area contributed by atoms with Crippen LogP contribution in [0.1, 0.15) is 75.3 Å². The first kappa shape index (κ1) is 19.1. The van der Waals surface area contributed by atoms with Crippen molar-refractivity contribution in [2.45, 2.75) is 93.7 Å². The van der Waals surface area contributed by atoms with Gasteiger partial charge in [-0.3, -0.25) is 4.90 Å². The number of nitrogens with one attached hydrogen (secondary N) is 1. The second kappa shape index (κ2) is 6.24. The van der Waals surface area contributed by atoms with Crippen molar-refractivity contribution in [2.75, 3.05) is 18.4 Å². The molecule has 32 heavy (non-hydrogen) atoms. The molecule has 4 heteroatoms. The van der Waals surface area contributed by atoms with Gasteiger partial charge in [-0.15, -0.1) is 0 Å². The summed E-state index contributed by atoms with van der Waals surface area (Å²) in [4.78, 5) is 2.70. The quantitative estimate of drug-likeness (QED) is 0.603. The van der Waals surface area contributed by atoms with E-state index in [1.807, 2.05) is 6.07 Å². The van der Waals surface area contributed by atoms with Gasteiger partial charge in [0.15, 0.2) is 0 Å². The summed E-state index contributed by atoms with van der Waals surface area (Å²) in [6.07, 6.45) is 14.0. The summed E-state index contributed by atoms with van der Waals surface area (Å²) in [5.41, 5.74) is 2.82. The number of aliphatic hydroxyl groups is 1. The summed E-state index contributed by atoms with van der Waals surface area (Å²) in [6, 6.07) is 4.63. The number of phenols is 1. The van der Waals surface area contributed by atoms with Gasteiger partial charge in [-0.2, -0.15) is 0 Å². The molecule has 172 valence electrons. The van der Waals surface area contributed by atoms with Crippen LogP contribution in [0, 0.1) is 29.6 Å². The monoisotopic (exact) mass is 434 g/mol. The predicted octanol–water partition coefficient (Wildman–Crippen LogP) is 4.43. The number of fused-ring (bicyclic) bond motifs is 4. The minimum absolute atomic E-state index is 0.206. The van der Waals surface area contributed by atoms with E-state index in [2.05, 4.69) is 16.3 Å². The summed E-state index contributed by atoms with van der Waals surface area (Å²) in [6.45, 7) is 2.29. The van der Waals surface area contributed by atoms with Gasteiger partial charge in [0.1, 0.15) is 5.75 Å². The standard InChI is InChI=1S/C28H38N2O2/c31-22-10-8-18-13-23-28(32)14-21-19-4-2-1-3-17(19)7-9-20(21)26-27(28,24(18)25(22)29-26)11-12-30(23)15-16-5-6-16/h8,10,16-17,19-21,23,26,29,31-32H,1-7,9,11-15H2/t17?,19?,20?,21?,23?,26?,27-,28+/m0/s1. The predicted molar refractivity (Wildman–Crippen MR) is 125 cm³/mol. The van der Waals surface area contributed by atoms with E-state index in [0.717, 1.165) is 49.2 Å². The first-order valence-electron chi connectivity index (χ1n) is 13.7. The maximum absolute atomic E-state index is 13.0. The second-order valence-electron chi connectivity index (χ2n) is 12.7. The molecular formula is C28H38N2O2. The summed E-state index contributed by atoms with van der Waals surface area (Å²) in [5.74, 6) is 4.24. The number of likely N-dealkylation sites (tertiary alicyclic amines) is 1. The van der Waals surface area contributed by atoms with Crippen molar-refractivity contribution in [1.29, 1.82) is 0 Å². The molecule has 8 rings (SSSR count). The van der Waals surface area contributed by atoms with E-state index in [-0.39, 0.29) is 11.5 Å². The van der Waals surface area contributed by atoms with Crippen molar-refractivity contribution in [3.8, 4) is 5.75 Å². The molecule has 1 aromatic carbocycles. The molecule has 2 heterocycles. The number of piperidine rings is 1. The van der Waals surface area contributed by atoms with Crippen LogP contribution in [0.5, 0.6) is 5.75 Å². The molecule has 3 N–H and O–H groups in total. The van der Waals surface area contributed by atoms with Crippen molar-refractivity contribution < 1.29 is 10.2 Å². The molecule has 0 amide bonds. The van der Waals surface area contributed by atoms with Crippen LogP contribution in [-0.2, 0) is 11.8 Å². The van der Waals surface area contributed by atoms with Crippen molar-refractivity contribution in [1.82, 2.24) is 4.90 Å². The number of benzene rings is 1. The molecular weight excluding hydrogens is 396 g/mol. The highest BCUT2D eigenvalue weighted by Gasteiger charge is 2.73. The molecule has 0 radical (unpaired) electrons. The maximum Gasteiger partial charge on any atom is 0.139 e. The number of aromatic hydroxyl groups is 1. The lowest BCUT2D eigenvalue weighted by atomic mass is 9.42. The van der Waals surface area contributed by atoms with Crippen LogP contribution in [0.15, 0.2) is 12.1 Å². The van der Waals surface area contributed by atoms with Crippen molar-refractivity contribution >= 4 is 5.69 Å². The third-order valence-electron chi connectivity index (χ3n) is 11.6. The highest BCUT2D eigenvalue weighted by Crippen LogP contribution is 2.69. The average Bonchev–Trinajstić information content (AvgIpc) is 3.54. The molecule has 7 aliphatic rings. The Balaban J connectivity index is 1.30. The fraction of sp³-hybridized carbons (Fsp3) is 0.786. The van der Waals surface area contributed by atoms with Crippen LogP contribution in [0.3, 0.4) is 0 Å². The molecule has 1 spiro atoms. The maximum atomic E-state index is 13.0. The Hall–Kier alpha value is -1.26. The van der Waals surface area contributed by atoms with Gasteiger partial charge in [0.2, 0.25) is 0 Å². The number of hydrogen-bond acceptors (Lipinski definition) is 4. The first-order chi connectivity index (χ1) is 15.6. The molecule has 4 nitrogen and oxygen atoms in total. The highest BCUT2D eigenvalue weighted by molar-refractivity contribution is 5.75. The lowest BCUT2D eigenvalue weighted by Crippen LogP contribution is -2.78. The summed E-state index contributed by atoms with van der Waals surface area (Å²) in [5, 5.41) is 27.8. The van der Waals surface area contributed by atoms with Crippen molar-refractivity contribution in [3.05, 3.63) is 23.3 Å². The Morgan fingerprint density at radius 2 is 1.88 bits per heavy atom. The Morgan fingerprint density at radius 3 is 2.75 bits per heavy atom. The van der Waals surface area contributed by atoms with E-state index in [9.17, 15) is 10.2 Å². The molecule has 5 aliphatic carbocycles. The third kappa shape index (κ3) is 2.18. The zero-order valence-corrected chi connectivity index (χ0v) is 19.2. The third-order valence-corrected chi connectivity index (χ3v) is 11.6. The number of anilines is 1. The van der Waals surface area contributed by atoms with E-state index >= 15 is 0 Å². The number of nitrogens with zero attached hydrogens (tertiary/aromatic N) is 1. The minimum atomic E-state index is -0.662. The smallest absolute Gasteiger partial charge is 0.139 e. The lowest BCUT2D eigenvalue weighted by Gasteiger charge is -2.68. The average molecular weight is 435 g/mol. The van der Waals surface area contributed by atoms with Gasteiger partial charge < -0.3 is 15.5 Å². The van der Waals surface area contributed by atoms with Crippen molar-refractivity contribution in [2.24, 2.45) is 29.6 Å². The van der Waals surface area contributed by atoms with Crippen LogP contribution in [0.4, 0.5) is 5.69 Å². The van der Waals surface area contributed by atoms with Crippen LogP contribution in [-0.4, -0.2) is 45.9 Å². The zero-order valence-electron chi connectivity index (χ0n) is 19.2. The summed E-state index contributed by atoms with van der Waals surface area (Å²) in [7, 11) is 0. The van der Waals surface area contributed by atoms with Gasteiger partial charge in [0.25, 0.3) is 0 Å². The SMILES string of the molecule is Oc1ccc2c3c1NC1C4CCC5CCCCC5C4C[C@@]4(O)C(C2)N(CC2CC2)CC[C@]314. The van der Waals surface area contributed by atoms with E-state index < -0.39 is 5.60 Å². The Kier molecular flexibility index (Phi) is 3.72. The fourth-order valence-electron chi connectivity index (χ4n) is 10.3. The molecule has 0 aromatic heterocycles. The normalized spacial score (nSPS) is 48.4. The van der Waals surface area contributed by atoms with Crippen LogP contribution >= 0.6 is 0 Å². The van der Waals surface area contributed by atoms with Gasteiger partial charge >= 0.3 is 0 Å². The van der Waals surface area contributed by atoms with E-state index in [4.69, 9.17) is 0 Å². The Morgan fingerprint density at radius 1 is 1.00 bits per heavy atom. The Labute approximate surface area is 191 Å². The largest absolute Gasteiger partial charge is 0.506 e. The number of rotatable bonds is 2. The minimum Gasteiger partial charge on any atom is -0.506 e. The molecule has 6 unspecified atom stereocenters. The topological polar surface area (TPSA) is 55.7 Å². The summed E-state index contributed by atoms with van der Waals surface area (Å²) < 4.78 is 0. The van der Waals surface area contributed by atoms with Gasteiger partial charge in [-0.25, -0.2) is 0 Å². The molecule has 5 fully saturated rings. The second-order valence-corrected chi connectivity index (χ2v) is 12.7. The molecule has 8 atom stereocenters. The van der Waals surface area contributed by atoms with E-state index in [0.29, 0.717) is 23.6 Å². The first-order valence-corrected chi connectivity index (χ1v) is 13.7. The Bertz CT molecular complexity index is 974. The lowest BCUT2D eigenvalue weighted by molar-refractivity contribution is -0.203.